The van der Waals surface area contributed by atoms with E-state index in [2.05, 4.69) is 0 Å². The molecule has 11 heteroatoms. The monoisotopic (exact) mass is 484 g/mol. The molecule has 0 saturated carbocycles. The molecule has 0 amide bonds. The van der Waals surface area contributed by atoms with Crippen molar-refractivity contribution in [3.8, 4) is 0 Å². The molecule has 0 unspecified atom stereocenters. The molecule has 0 aliphatic carbocycles. The number of nitrogens with zero attached hydrogens (tertiary/aromatic N) is 2. The predicted molar refractivity (Wildman–Crippen MR) is 119 cm³/mol. The molecule has 0 aliphatic heterocycles. The van der Waals surface area contributed by atoms with Gasteiger partial charge in [-0.15, -0.1) is 0 Å². The predicted octanol–water partition coefficient (Wildman–Crippen LogP) is 6.75. The summed E-state index contributed by atoms with van der Waals surface area (Å²) in [6, 6.07) is 5.66. The van der Waals surface area contributed by atoms with E-state index in [4.69, 9.17) is 32.7 Å². The quantitative estimate of drug-likeness (QED) is 0.252. The van der Waals surface area contributed by atoms with Crippen molar-refractivity contribution in [3.63, 3.8) is 0 Å². The molecule has 0 heterocycles. The highest BCUT2D eigenvalue weighted by atomic mass is 35.5. The summed E-state index contributed by atoms with van der Waals surface area (Å²) >= 11 is 12.5. The van der Waals surface area contributed by atoms with Crippen LogP contribution in [0.3, 0.4) is 0 Å². The van der Waals surface area contributed by atoms with Crippen LogP contribution < -0.4 is 0 Å². The maximum absolute atomic E-state index is 12.7. The fraction of sp³-hybridized carbons (Fsp3) is 0.381. The van der Waals surface area contributed by atoms with Gasteiger partial charge in [0, 0.05) is 12.1 Å². The Kier molecular flexibility index (Phi) is 7.06. The summed E-state index contributed by atoms with van der Waals surface area (Å²) in [6.45, 7) is 8.98. The first-order valence-electron chi connectivity index (χ1n) is 9.39. The average Bonchev–Trinajstić information content (AvgIpc) is 2.58. The number of aryl methyl sites for hydroxylation is 2. The minimum atomic E-state index is -1.55. The second-order valence-electron chi connectivity index (χ2n) is 8.27. The smallest absolute Gasteiger partial charge is 0.423 e. The summed E-state index contributed by atoms with van der Waals surface area (Å²) in [7, 11) is 0. The Morgan fingerprint density at radius 2 is 1.09 bits per heavy atom. The minimum Gasteiger partial charge on any atom is -0.423 e. The van der Waals surface area contributed by atoms with Crippen LogP contribution in [0.25, 0.3) is 0 Å². The van der Waals surface area contributed by atoms with Gasteiger partial charge < -0.3 is 9.47 Å². The van der Waals surface area contributed by atoms with E-state index >= 15 is 0 Å². The zero-order valence-corrected chi connectivity index (χ0v) is 19.8. The van der Waals surface area contributed by atoms with Gasteiger partial charge in [-0.25, -0.2) is 4.79 Å². The molecule has 2 rings (SSSR count). The fourth-order valence-electron chi connectivity index (χ4n) is 3.47. The minimum absolute atomic E-state index is 0.0103. The maximum atomic E-state index is 12.7. The number of nitro benzene ring substituents is 2. The van der Waals surface area contributed by atoms with Crippen LogP contribution in [-0.2, 0) is 20.7 Å². The van der Waals surface area contributed by atoms with E-state index in [1.54, 1.807) is 13.8 Å². The zero-order chi connectivity index (χ0) is 24.6. The highest BCUT2D eigenvalue weighted by Gasteiger charge is 2.40. The van der Waals surface area contributed by atoms with Crippen molar-refractivity contribution in [3.05, 3.63) is 76.8 Å². The van der Waals surface area contributed by atoms with E-state index in [0.29, 0.717) is 11.1 Å². The first kappa shape index (κ1) is 25.4. The van der Waals surface area contributed by atoms with Crippen LogP contribution in [0.5, 0.6) is 0 Å². The van der Waals surface area contributed by atoms with Gasteiger partial charge in [0.25, 0.3) is 11.4 Å². The molecule has 9 nitrogen and oxygen atoms in total. The summed E-state index contributed by atoms with van der Waals surface area (Å²) in [4.78, 5) is 34.5. The van der Waals surface area contributed by atoms with E-state index < -0.39 is 27.2 Å². The second kappa shape index (κ2) is 8.91. The van der Waals surface area contributed by atoms with Gasteiger partial charge in [0.15, 0.2) is 0 Å². The number of nitro groups is 2. The summed E-state index contributed by atoms with van der Waals surface area (Å²) < 4.78 is 10.8. The van der Waals surface area contributed by atoms with Crippen LogP contribution in [0.4, 0.5) is 16.2 Å². The molecular formula is C21H22Cl2N2O7. The topological polar surface area (TPSA) is 122 Å². The van der Waals surface area contributed by atoms with Crippen molar-refractivity contribution >= 4 is 40.7 Å². The largest absolute Gasteiger partial charge is 0.510 e. The molecule has 0 aromatic heterocycles. The highest BCUT2D eigenvalue weighted by molar-refractivity contribution is 6.32. The maximum Gasteiger partial charge on any atom is 0.510 e. The number of benzene rings is 2. The van der Waals surface area contributed by atoms with Gasteiger partial charge in [0.1, 0.15) is 11.2 Å². The molecule has 0 atom stereocenters. The molecule has 32 heavy (non-hydrogen) atoms. The fourth-order valence-corrected chi connectivity index (χ4v) is 4.46. The average molecular weight is 485 g/mol. The lowest BCUT2D eigenvalue weighted by atomic mass is 9.94. The third kappa shape index (κ3) is 5.28. The Morgan fingerprint density at radius 1 is 0.781 bits per heavy atom. The Hall–Kier alpha value is -2.91. The molecule has 172 valence electrons. The highest BCUT2D eigenvalue weighted by Crippen LogP contribution is 2.42. The lowest BCUT2D eigenvalue weighted by Crippen LogP contribution is -2.33. The lowest BCUT2D eigenvalue weighted by molar-refractivity contribution is -0.386. The van der Waals surface area contributed by atoms with Gasteiger partial charge in [-0.2, -0.15) is 0 Å². The number of ether oxygens (including phenoxy) is 2. The van der Waals surface area contributed by atoms with Crippen molar-refractivity contribution in [2.24, 2.45) is 0 Å². The number of carbonyl (C=O) groups excluding carboxylic acids is 1. The third-order valence-corrected chi connectivity index (χ3v) is 5.30. The van der Waals surface area contributed by atoms with Crippen molar-refractivity contribution in [2.45, 2.75) is 52.7 Å². The van der Waals surface area contributed by atoms with Crippen molar-refractivity contribution in [2.75, 3.05) is 0 Å². The van der Waals surface area contributed by atoms with E-state index in [9.17, 15) is 25.0 Å². The molecule has 0 aliphatic rings. The summed E-state index contributed by atoms with van der Waals surface area (Å²) in [5, 5.41) is 23.2. The van der Waals surface area contributed by atoms with Crippen LogP contribution in [0.15, 0.2) is 24.3 Å². The van der Waals surface area contributed by atoms with Gasteiger partial charge in [-0.3, -0.25) is 20.2 Å². The molecule has 2 aromatic rings. The normalized spacial score (nSPS) is 11.8. The van der Waals surface area contributed by atoms with Crippen molar-refractivity contribution in [1.82, 2.24) is 0 Å². The Labute approximate surface area is 194 Å². The number of hydrogen-bond donors (Lipinski definition) is 0. The number of rotatable bonds is 6. The van der Waals surface area contributed by atoms with Crippen LogP contribution in [-0.4, -0.2) is 16.0 Å². The first-order valence-corrected chi connectivity index (χ1v) is 10.1. The summed E-state index contributed by atoms with van der Waals surface area (Å²) in [6.07, 6.45) is -1.21. The summed E-state index contributed by atoms with van der Waals surface area (Å²) in [5.41, 5.74) is -2.63. The van der Waals surface area contributed by atoms with Crippen LogP contribution in [0, 0.1) is 34.1 Å². The molecule has 0 N–H and O–H groups in total. The summed E-state index contributed by atoms with van der Waals surface area (Å²) in [5.74, 6) is 0. The van der Waals surface area contributed by atoms with E-state index in [-0.39, 0.29) is 32.5 Å². The molecule has 0 spiro atoms. The molecule has 0 fully saturated rings. The standard InChI is InChI=1S/C21H22Cl2N2O7/c1-11-7-13(22)17(15(9-11)24(27)28)20(3,4)31-19(26)32-21(5,6)18-14(23)8-12(2)10-16(18)25(29)30/h7-10H,1-6H3. The van der Waals surface area contributed by atoms with Gasteiger partial charge in [0.2, 0.25) is 0 Å². The van der Waals surface area contributed by atoms with Crippen LogP contribution in [0.1, 0.15) is 49.9 Å². The van der Waals surface area contributed by atoms with Gasteiger partial charge in [-0.1, -0.05) is 23.2 Å². The number of halogens is 2. The van der Waals surface area contributed by atoms with Gasteiger partial charge >= 0.3 is 6.16 Å². The van der Waals surface area contributed by atoms with Crippen molar-refractivity contribution in [1.29, 1.82) is 0 Å². The molecule has 0 radical (unpaired) electrons. The third-order valence-electron chi connectivity index (χ3n) is 4.70. The Bertz CT molecular complexity index is 1030. The number of carbonyl (C=O) groups is 1. The van der Waals surface area contributed by atoms with E-state index in [0.717, 1.165) is 0 Å². The van der Waals surface area contributed by atoms with Crippen LogP contribution >= 0.6 is 23.2 Å². The Morgan fingerprint density at radius 3 is 1.38 bits per heavy atom. The molecule has 0 saturated heterocycles. The molecular weight excluding hydrogens is 463 g/mol. The van der Waals surface area contributed by atoms with Crippen molar-refractivity contribution < 1.29 is 24.1 Å². The number of hydrogen-bond acceptors (Lipinski definition) is 7. The van der Waals surface area contributed by atoms with E-state index in [1.807, 2.05) is 0 Å². The van der Waals surface area contributed by atoms with Crippen LogP contribution in [0.2, 0.25) is 10.0 Å². The lowest BCUT2D eigenvalue weighted by Gasteiger charge is -2.30. The first-order chi connectivity index (χ1) is 14.6. The van der Waals surface area contributed by atoms with Gasteiger partial charge in [0.05, 0.1) is 31.0 Å². The second-order valence-corrected chi connectivity index (χ2v) is 9.09. The van der Waals surface area contributed by atoms with Gasteiger partial charge in [-0.05, 0) is 64.8 Å². The molecule has 0 bridgehead atoms. The molecule has 2 aromatic carbocycles. The SMILES string of the molecule is Cc1cc(Cl)c(C(C)(C)OC(=O)OC(C)(C)c2c(Cl)cc(C)cc2[N+](=O)[O-])c([N+](=O)[O-])c1. The Balaban J connectivity index is 2.41. The zero-order valence-electron chi connectivity index (χ0n) is 18.3. The van der Waals surface area contributed by atoms with E-state index in [1.165, 1.54) is 52.0 Å².